The van der Waals surface area contributed by atoms with Gasteiger partial charge >= 0.3 is 6.18 Å². The number of nitrogens with zero attached hydrogens (tertiary/aromatic N) is 5. The number of carbonyl (C=O) groups excluding carboxylic acids is 1. The van der Waals surface area contributed by atoms with Crippen molar-refractivity contribution in [1.82, 2.24) is 24.8 Å². The van der Waals surface area contributed by atoms with Crippen LogP contribution >= 0.6 is 0 Å². The van der Waals surface area contributed by atoms with E-state index in [0.717, 1.165) is 23.2 Å². The van der Waals surface area contributed by atoms with Crippen molar-refractivity contribution in [3.8, 4) is 0 Å². The van der Waals surface area contributed by atoms with E-state index in [2.05, 4.69) is 19.9 Å². The van der Waals surface area contributed by atoms with Crippen molar-refractivity contribution < 1.29 is 18.0 Å². The molecule has 0 radical (unpaired) electrons. The van der Waals surface area contributed by atoms with E-state index < -0.39 is 17.8 Å². The maximum Gasteiger partial charge on any atom is 0.417 e. The standard InChI is InChI=1S/C24H21F3N6O/c1-14-10-17-11-16(4-7-20(17)32-21(14)28)23(34)33(15(2)22-29-8-3-9-30-22)13-19-6-5-18(12-31-19)24(25,26)27/h3-12,15H,13H2,1-2H3,(H2,28,32). The van der Waals surface area contributed by atoms with E-state index in [1.54, 1.807) is 43.6 Å². The first-order valence-electron chi connectivity index (χ1n) is 10.4. The van der Waals surface area contributed by atoms with Crippen LogP contribution in [0.15, 0.2) is 61.1 Å². The number of hydrogen-bond donors (Lipinski definition) is 1. The van der Waals surface area contributed by atoms with Gasteiger partial charge in [-0.3, -0.25) is 9.78 Å². The summed E-state index contributed by atoms with van der Waals surface area (Å²) >= 11 is 0. The van der Waals surface area contributed by atoms with Crippen LogP contribution in [0.3, 0.4) is 0 Å². The molecule has 4 aromatic rings. The van der Waals surface area contributed by atoms with Gasteiger partial charge in [0.1, 0.15) is 11.6 Å². The number of benzene rings is 1. The van der Waals surface area contributed by atoms with Crippen LogP contribution in [0.4, 0.5) is 19.0 Å². The second kappa shape index (κ2) is 9.05. The van der Waals surface area contributed by atoms with Gasteiger partial charge in [0.15, 0.2) is 0 Å². The number of aromatic nitrogens is 4. The zero-order valence-electron chi connectivity index (χ0n) is 18.4. The number of rotatable bonds is 5. The van der Waals surface area contributed by atoms with Crippen LogP contribution in [0.5, 0.6) is 0 Å². The van der Waals surface area contributed by atoms with Gasteiger partial charge in [0.2, 0.25) is 0 Å². The number of fused-ring (bicyclic) bond motifs is 1. The maximum atomic E-state index is 13.6. The Morgan fingerprint density at radius 1 is 1.09 bits per heavy atom. The third kappa shape index (κ3) is 4.80. The lowest BCUT2D eigenvalue weighted by molar-refractivity contribution is -0.137. The van der Waals surface area contributed by atoms with Gasteiger partial charge in [-0.1, -0.05) is 0 Å². The normalized spacial score (nSPS) is 12.5. The van der Waals surface area contributed by atoms with Gasteiger partial charge in [-0.25, -0.2) is 15.0 Å². The Balaban J connectivity index is 1.70. The molecule has 34 heavy (non-hydrogen) atoms. The molecule has 0 bridgehead atoms. The lowest BCUT2D eigenvalue weighted by atomic mass is 10.1. The fourth-order valence-corrected chi connectivity index (χ4v) is 3.51. The first kappa shape index (κ1) is 23.1. The Hall–Kier alpha value is -4.08. The van der Waals surface area contributed by atoms with E-state index in [-0.39, 0.29) is 12.5 Å². The molecular formula is C24H21F3N6O. The molecule has 0 fully saturated rings. The predicted molar refractivity (Wildman–Crippen MR) is 120 cm³/mol. The molecule has 1 atom stereocenters. The van der Waals surface area contributed by atoms with Gasteiger partial charge in [-0.15, -0.1) is 0 Å². The van der Waals surface area contributed by atoms with Crippen LogP contribution in [-0.4, -0.2) is 30.7 Å². The third-order valence-corrected chi connectivity index (χ3v) is 5.46. The van der Waals surface area contributed by atoms with Gasteiger partial charge in [0.25, 0.3) is 5.91 Å². The number of hydrogen-bond acceptors (Lipinski definition) is 6. The molecular weight excluding hydrogens is 445 g/mol. The molecule has 2 N–H and O–H groups in total. The van der Waals surface area contributed by atoms with Crippen molar-refractivity contribution in [2.75, 3.05) is 5.73 Å². The number of alkyl halides is 3. The van der Waals surface area contributed by atoms with Crippen LogP contribution in [-0.2, 0) is 12.7 Å². The van der Waals surface area contributed by atoms with Crippen molar-refractivity contribution in [3.05, 3.63) is 89.3 Å². The molecule has 1 unspecified atom stereocenters. The first-order valence-corrected chi connectivity index (χ1v) is 10.4. The summed E-state index contributed by atoms with van der Waals surface area (Å²) in [5.74, 6) is 0.461. The quantitative estimate of drug-likeness (QED) is 0.457. The average Bonchev–Trinajstić information content (AvgIpc) is 2.82. The highest BCUT2D eigenvalue weighted by atomic mass is 19.4. The Kier molecular flexibility index (Phi) is 6.14. The number of carbonyl (C=O) groups is 1. The number of amides is 1. The highest BCUT2D eigenvalue weighted by Gasteiger charge is 2.31. The lowest BCUT2D eigenvalue weighted by Gasteiger charge is -2.28. The SMILES string of the molecule is Cc1cc2cc(C(=O)N(Cc3ccc(C(F)(F)F)cn3)C(C)c3ncccn3)ccc2nc1N. The fraction of sp³-hybridized carbons (Fsp3) is 0.208. The summed E-state index contributed by atoms with van der Waals surface area (Å²) < 4.78 is 38.8. The van der Waals surface area contributed by atoms with Gasteiger partial charge < -0.3 is 10.6 Å². The molecule has 7 nitrogen and oxygen atoms in total. The summed E-state index contributed by atoms with van der Waals surface area (Å²) in [6.07, 6.45) is -0.608. The average molecular weight is 466 g/mol. The first-order chi connectivity index (χ1) is 16.1. The van der Waals surface area contributed by atoms with Crippen LogP contribution in [0, 0.1) is 6.92 Å². The molecule has 0 aliphatic heterocycles. The number of nitrogen functional groups attached to an aromatic ring is 1. The van der Waals surface area contributed by atoms with E-state index in [1.807, 2.05) is 13.0 Å². The Morgan fingerprint density at radius 3 is 2.47 bits per heavy atom. The van der Waals surface area contributed by atoms with Gasteiger partial charge in [-0.05, 0) is 61.9 Å². The molecule has 0 saturated carbocycles. The van der Waals surface area contributed by atoms with Gasteiger partial charge in [0, 0.05) is 29.5 Å². The van der Waals surface area contributed by atoms with E-state index >= 15 is 0 Å². The minimum atomic E-state index is -4.49. The number of anilines is 1. The molecule has 0 aliphatic carbocycles. The van der Waals surface area contributed by atoms with Crippen LogP contribution in [0.1, 0.15) is 46.0 Å². The third-order valence-electron chi connectivity index (χ3n) is 5.46. The molecule has 0 spiro atoms. The van der Waals surface area contributed by atoms with E-state index in [9.17, 15) is 18.0 Å². The van der Waals surface area contributed by atoms with Crippen molar-refractivity contribution in [2.24, 2.45) is 0 Å². The van der Waals surface area contributed by atoms with Crippen LogP contribution in [0.2, 0.25) is 0 Å². The summed E-state index contributed by atoms with van der Waals surface area (Å²) in [5, 5.41) is 0.744. The largest absolute Gasteiger partial charge is 0.417 e. The summed E-state index contributed by atoms with van der Waals surface area (Å²) in [5.41, 5.74) is 7.14. The lowest BCUT2D eigenvalue weighted by Crippen LogP contribution is -2.34. The van der Waals surface area contributed by atoms with Gasteiger partial charge in [-0.2, -0.15) is 13.2 Å². The monoisotopic (exact) mass is 466 g/mol. The number of nitrogens with two attached hydrogens (primary N) is 1. The van der Waals surface area contributed by atoms with Crippen molar-refractivity contribution >= 4 is 22.6 Å². The van der Waals surface area contributed by atoms with E-state index in [0.29, 0.717) is 28.4 Å². The molecule has 0 saturated heterocycles. The Bertz CT molecular complexity index is 1330. The molecule has 4 rings (SSSR count). The molecule has 0 aliphatic rings. The second-order valence-electron chi connectivity index (χ2n) is 7.85. The predicted octanol–water partition coefficient (Wildman–Crippen LogP) is 4.73. The molecule has 174 valence electrons. The number of pyridine rings is 2. The van der Waals surface area contributed by atoms with Crippen molar-refractivity contribution in [3.63, 3.8) is 0 Å². The highest BCUT2D eigenvalue weighted by molar-refractivity contribution is 5.98. The zero-order valence-corrected chi connectivity index (χ0v) is 18.4. The number of aryl methyl sites for hydroxylation is 1. The van der Waals surface area contributed by atoms with E-state index in [4.69, 9.17) is 5.73 Å². The minimum Gasteiger partial charge on any atom is -0.383 e. The second-order valence-corrected chi connectivity index (χ2v) is 7.85. The number of halogens is 3. The van der Waals surface area contributed by atoms with Gasteiger partial charge in [0.05, 0.1) is 29.4 Å². The molecule has 1 amide bonds. The maximum absolute atomic E-state index is 13.6. The van der Waals surface area contributed by atoms with Crippen molar-refractivity contribution in [1.29, 1.82) is 0 Å². The zero-order chi connectivity index (χ0) is 24.5. The highest BCUT2D eigenvalue weighted by Crippen LogP contribution is 2.29. The Labute approximate surface area is 193 Å². The van der Waals surface area contributed by atoms with Crippen LogP contribution in [0.25, 0.3) is 10.9 Å². The molecule has 3 aromatic heterocycles. The minimum absolute atomic E-state index is 0.0343. The summed E-state index contributed by atoms with van der Waals surface area (Å²) in [6, 6.07) is 10.2. The van der Waals surface area contributed by atoms with Crippen LogP contribution < -0.4 is 5.73 Å². The Morgan fingerprint density at radius 2 is 1.82 bits per heavy atom. The van der Waals surface area contributed by atoms with E-state index in [1.165, 1.54) is 11.0 Å². The topological polar surface area (TPSA) is 97.9 Å². The molecule has 10 heteroatoms. The molecule has 1 aromatic carbocycles. The molecule has 3 heterocycles. The smallest absolute Gasteiger partial charge is 0.383 e. The summed E-state index contributed by atoms with van der Waals surface area (Å²) in [6.45, 7) is 3.55. The summed E-state index contributed by atoms with van der Waals surface area (Å²) in [4.78, 5) is 31.8. The summed E-state index contributed by atoms with van der Waals surface area (Å²) in [7, 11) is 0. The fourth-order valence-electron chi connectivity index (χ4n) is 3.51. The van der Waals surface area contributed by atoms with Crippen molar-refractivity contribution in [2.45, 2.75) is 32.6 Å².